The lowest BCUT2D eigenvalue weighted by Gasteiger charge is -2.22. The number of benzene rings is 1. The molecule has 0 radical (unpaired) electrons. The van der Waals surface area contributed by atoms with Gasteiger partial charge in [0.05, 0.1) is 37.0 Å². The van der Waals surface area contributed by atoms with Gasteiger partial charge in [0, 0.05) is 24.6 Å². The van der Waals surface area contributed by atoms with Crippen molar-refractivity contribution in [1.29, 1.82) is 0 Å². The molecule has 1 amide bonds. The SMILES string of the molecule is Nc1ccc(-c2ccc(F)nc2)cc1NC(=O)c1cnc(OC2CCOCC2)cn1. The predicted molar refractivity (Wildman–Crippen MR) is 108 cm³/mol. The van der Waals surface area contributed by atoms with Gasteiger partial charge in [-0.1, -0.05) is 6.07 Å². The minimum absolute atomic E-state index is 0.0382. The summed E-state index contributed by atoms with van der Waals surface area (Å²) in [5.74, 6) is -0.657. The Morgan fingerprint density at radius 2 is 1.87 bits per heavy atom. The Balaban J connectivity index is 1.45. The van der Waals surface area contributed by atoms with E-state index in [-0.39, 0.29) is 11.8 Å². The van der Waals surface area contributed by atoms with Gasteiger partial charge in [-0.05, 0) is 29.8 Å². The van der Waals surface area contributed by atoms with E-state index >= 15 is 0 Å². The van der Waals surface area contributed by atoms with Crippen LogP contribution < -0.4 is 15.8 Å². The number of carbonyl (C=O) groups excluding carboxylic acids is 1. The molecule has 0 unspecified atom stereocenters. The topological polar surface area (TPSA) is 112 Å². The van der Waals surface area contributed by atoms with Crippen molar-refractivity contribution >= 4 is 17.3 Å². The molecule has 1 fully saturated rings. The number of anilines is 2. The molecular weight excluding hydrogens is 389 g/mol. The third-order valence-electron chi connectivity index (χ3n) is 4.68. The predicted octanol–water partition coefficient (Wildman–Crippen LogP) is 3.07. The summed E-state index contributed by atoms with van der Waals surface area (Å²) < 4.78 is 24.1. The maximum Gasteiger partial charge on any atom is 0.275 e. The quantitative estimate of drug-likeness (QED) is 0.492. The van der Waals surface area contributed by atoms with E-state index in [1.54, 1.807) is 24.3 Å². The molecule has 3 aromatic rings. The second kappa shape index (κ2) is 8.83. The van der Waals surface area contributed by atoms with Crippen molar-refractivity contribution in [3.05, 3.63) is 60.6 Å². The van der Waals surface area contributed by atoms with Crippen molar-refractivity contribution in [3.63, 3.8) is 0 Å². The van der Waals surface area contributed by atoms with Gasteiger partial charge in [-0.3, -0.25) is 4.79 Å². The second-order valence-electron chi connectivity index (χ2n) is 6.80. The van der Waals surface area contributed by atoms with Crippen molar-refractivity contribution in [2.45, 2.75) is 18.9 Å². The van der Waals surface area contributed by atoms with Crippen molar-refractivity contribution in [3.8, 4) is 17.0 Å². The van der Waals surface area contributed by atoms with E-state index in [2.05, 4.69) is 20.3 Å². The molecule has 1 aliphatic rings. The van der Waals surface area contributed by atoms with E-state index in [1.165, 1.54) is 24.7 Å². The fourth-order valence-corrected chi connectivity index (χ4v) is 3.04. The Bertz CT molecular complexity index is 1020. The van der Waals surface area contributed by atoms with Gasteiger partial charge in [0.1, 0.15) is 11.8 Å². The number of amides is 1. The van der Waals surface area contributed by atoms with Gasteiger partial charge >= 0.3 is 0 Å². The standard InChI is InChI=1S/C21H20FN5O3/c22-19-4-2-14(10-25-19)13-1-3-16(23)17(9-13)27-21(28)18-11-26-20(12-24-18)30-15-5-7-29-8-6-15/h1-4,9-12,15H,5-8,23H2,(H,27,28). The number of nitrogens with one attached hydrogen (secondary N) is 1. The third-order valence-corrected chi connectivity index (χ3v) is 4.68. The average molecular weight is 409 g/mol. The number of pyridine rings is 1. The molecule has 3 N–H and O–H groups in total. The molecule has 0 spiro atoms. The number of nitrogens with two attached hydrogens (primary N) is 1. The summed E-state index contributed by atoms with van der Waals surface area (Å²) in [4.78, 5) is 24.5. The Morgan fingerprint density at radius 3 is 2.57 bits per heavy atom. The minimum Gasteiger partial charge on any atom is -0.473 e. The molecule has 1 aliphatic heterocycles. The molecule has 2 aromatic heterocycles. The minimum atomic E-state index is -0.564. The fourth-order valence-electron chi connectivity index (χ4n) is 3.04. The highest BCUT2D eigenvalue weighted by Gasteiger charge is 2.17. The van der Waals surface area contributed by atoms with E-state index < -0.39 is 11.9 Å². The van der Waals surface area contributed by atoms with Crippen LogP contribution in [0.2, 0.25) is 0 Å². The zero-order valence-corrected chi connectivity index (χ0v) is 16.0. The van der Waals surface area contributed by atoms with Gasteiger partial charge in [0.25, 0.3) is 5.91 Å². The fraction of sp³-hybridized carbons (Fsp3) is 0.238. The first-order valence-corrected chi connectivity index (χ1v) is 9.48. The van der Waals surface area contributed by atoms with Crippen LogP contribution in [0, 0.1) is 5.95 Å². The maximum absolute atomic E-state index is 13.0. The van der Waals surface area contributed by atoms with Crippen LogP contribution in [0.1, 0.15) is 23.3 Å². The molecule has 4 rings (SSSR count). The number of nitrogens with zero attached hydrogens (tertiary/aromatic N) is 3. The van der Waals surface area contributed by atoms with Gasteiger partial charge in [-0.2, -0.15) is 4.39 Å². The van der Waals surface area contributed by atoms with Crippen LogP contribution in [0.4, 0.5) is 15.8 Å². The zero-order chi connectivity index (χ0) is 20.9. The number of ether oxygens (including phenoxy) is 2. The van der Waals surface area contributed by atoms with E-state index in [9.17, 15) is 9.18 Å². The summed E-state index contributed by atoms with van der Waals surface area (Å²) in [5, 5.41) is 2.73. The Kier molecular flexibility index (Phi) is 5.80. The molecule has 1 saturated heterocycles. The van der Waals surface area contributed by atoms with Crippen LogP contribution in [-0.4, -0.2) is 40.2 Å². The first-order chi connectivity index (χ1) is 14.6. The number of halogens is 1. The number of nitrogen functional groups attached to an aromatic ring is 1. The lowest BCUT2D eigenvalue weighted by molar-refractivity contribution is 0.0235. The molecule has 1 aromatic carbocycles. The normalized spacial score (nSPS) is 14.3. The van der Waals surface area contributed by atoms with Crippen LogP contribution in [0.5, 0.6) is 5.88 Å². The molecule has 0 bridgehead atoms. The van der Waals surface area contributed by atoms with Gasteiger partial charge in [0.2, 0.25) is 11.8 Å². The summed E-state index contributed by atoms with van der Waals surface area (Å²) >= 11 is 0. The highest BCUT2D eigenvalue weighted by atomic mass is 19.1. The summed E-state index contributed by atoms with van der Waals surface area (Å²) in [6.07, 6.45) is 5.82. The third kappa shape index (κ3) is 4.69. The average Bonchev–Trinajstić information content (AvgIpc) is 2.77. The molecule has 30 heavy (non-hydrogen) atoms. The molecule has 9 heteroatoms. The van der Waals surface area contributed by atoms with E-state index in [4.69, 9.17) is 15.2 Å². The smallest absolute Gasteiger partial charge is 0.275 e. The van der Waals surface area contributed by atoms with Crippen LogP contribution in [0.25, 0.3) is 11.1 Å². The van der Waals surface area contributed by atoms with Crippen LogP contribution in [0.15, 0.2) is 48.9 Å². The Labute approximate surface area is 172 Å². The number of hydrogen-bond acceptors (Lipinski definition) is 7. The zero-order valence-electron chi connectivity index (χ0n) is 16.0. The summed E-state index contributed by atoms with van der Waals surface area (Å²) in [5.41, 5.74) is 8.34. The maximum atomic E-state index is 13.0. The van der Waals surface area contributed by atoms with E-state index in [0.29, 0.717) is 36.0 Å². The molecule has 0 aliphatic carbocycles. The first kappa shape index (κ1) is 19.7. The highest BCUT2D eigenvalue weighted by molar-refractivity contribution is 6.04. The molecule has 8 nitrogen and oxygen atoms in total. The molecule has 154 valence electrons. The van der Waals surface area contributed by atoms with Crippen LogP contribution in [0.3, 0.4) is 0 Å². The van der Waals surface area contributed by atoms with Gasteiger partial charge in [-0.15, -0.1) is 0 Å². The van der Waals surface area contributed by atoms with Gasteiger partial charge in [0.15, 0.2) is 0 Å². The summed E-state index contributed by atoms with van der Waals surface area (Å²) in [6, 6.07) is 7.98. The molecule has 3 heterocycles. The summed E-state index contributed by atoms with van der Waals surface area (Å²) in [7, 11) is 0. The van der Waals surface area contributed by atoms with Crippen molar-refractivity contribution in [2.75, 3.05) is 24.3 Å². The lowest BCUT2D eigenvalue weighted by atomic mass is 10.1. The number of hydrogen-bond donors (Lipinski definition) is 2. The lowest BCUT2D eigenvalue weighted by Crippen LogP contribution is -2.26. The van der Waals surface area contributed by atoms with Crippen LogP contribution in [-0.2, 0) is 4.74 Å². The van der Waals surface area contributed by atoms with Crippen molar-refractivity contribution in [2.24, 2.45) is 0 Å². The van der Waals surface area contributed by atoms with Crippen LogP contribution >= 0.6 is 0 Å². The molecular formula is C21H20FN5O3. The number of carbonyl (C=O) groups is 1. The van der Waals surface area contributed by atoms with E-state index in [1.807, 2.05) is 0 Å². The van der Waals surface area contributed by atoms with Crippen molar-refractivity contribution in [1.82, 2.24) is 15.0 Å². The van der Waals surface area contributed by atoms with Crippen molar-refractivity contribution < 1.29 is 18.7 Å². The Hall–Kier alpha value is -3.59. The summed E-state index contributed by atoms with van der Waals surface area (Å²) in [6.45, 7) is 1.32. The van der Waals surface area contributed by atoms with E-state index in [0.717, 1.165) is 18.4 Å². The Morgan fingerprint density at radius 1 is 1.07 bits per heavy atom. The monoisotopic (exact) mass is 409 g/mol. The van der Waals surface area contributed by atoms with Gasteiger partial charge in [-0.25, -0.2) is 15.0 Å². The first-order valence-electron chi connectivity index (χ1n) is 9.48. The number of rotatable bonds is 5. The number of aromatic nitrogens is 3. The highest BCUT2D eigenvalue weighted by Crippen LogP contribution is 2.27. The van der Waals surface area contributed by atoms with Gasteiger partial charge < -0.3 is 20.5 Å². The second-order valence-corrected chi connectivity index (χ2v) is 6.80. The molecule has 0 saturated carbocycles. The largest absolute Gasteiger partial charge is 0.473 e. The molecule has 0 atom stereocenters.